The van der Waals surface area contributed by atoms with E-state index in [1.54, 1.807) is 4.90 Å². The molecule has 0 bridgehead atoms. The zero-order valence-corrected chi connectivity index (χ0v) is 18.1. The van der Waals surface area contributed by atoms with E-state index in [4.69, 9.17) is 9.47 Å². The Bertz CT molecular complexity index is 807. The summed E-state index contributed by atoms with van der Waals surface area (Å²) in [6.45, 7) is 6.68. The van der Waals surface area contributed by atoms with Crippen LogP contribution in [0.2, 0.25) is 0 Å². The number of benzene rings is 1. The van der Waals surface area contributed by atoms with E-state index in [0.717, 1.165) is 76.3 Å². The van der Waals surface area contributed by atoms with Crippen molar-refractivity contribution in [3.05, 3.63) is 23.8 Å². The summed E-state index contributed by atoms with van der Waals surface area (Å²) in [6.07, 6.45) is 4.80. The van der Waals surface area contributed by atoms with Crippen LogP contribution in [0, 0.1) is 11.3 Å². The highest BCUT2D eigenvalue weighted by molar-refractivity contribution is 5.82. The number of nitrogens with zero attached hydrogens (tertiary/aromatic N) is 4. The Balaban J connectivity index is 1.31. The van der Waals surface area contributed by atoms with Crippen LogP contribution in [-0.2, 0) is 11.3 Å². The van der Waals surface area contributed by atoms with Crippen molar-refractivity contribution in [3.8, 4) is 17.6 Å². The van der Waals surface area contributed by atoms with E-state index in [-0.39, 0.29) is 11.9 Å². The van der Waals surface area contributed by atoms with Crippen LogP contribution >= 0.6 is 0 Å². The molecule has 30 heavy (non-hydrogen) atoms. The van der Waals surface area contributed by atoms with Gasteiger partial charge in [-0.15, -0.1) is 0 Å². The molecule has 0 N–H and O–H groups in total. The van der Waals surface area contributed by atoms with Crippen LogP contribution in [0.3, 0.4) is 0 Å². The van der Waals surface area contributed by atoms with E-state index in [0.29, 0.717) is 6.79 Å². The zero-order chi connectivity index (χ0) is 21.1. The summed E-state index contributed by atoms with van der Waals surface area (Å²) in [5, 5.41) is 9.81. The third-order valence-corrected chi connectivity index (χ3v) is 7.02. The average molecular weight is 413 g/mol. The third-order valence-electron chi connectivity index (χ3n) is 7.02. The van der Waals surface area contributed by atoms with Crippen LogP contribution < -0.4 is 9.47 Å². The summed E-state index contributed by atoms with van der Waals surface area (Å²) in [5.41, 5.74) is 0.593. The Labute approximate surface area is 179 Å². The van der Waals surface area contributed by atoms with Crippen molar-refractivity contribution < 1.29 is 14.3 Å². The van der Waals surface area contributed by atoms with Crippen molar-refractivity contribution in [3.63, 3.8) is 0 Å². The molecule has 0 radical (unpaired) electrons. The molecular formula is C23H32N4O3. The number of amides is 1. The largest absolute Gasteiger partial charge is 0.454 e. The van der Waals surface area contributed by atoms with Gasteiger partial charge in [0.1, 0.15) is 5.54 Å². The van der Waals surface area contributed by atoms with Gasteiger partial charge in [0.25, 0.3) is 0 Å². The molecule has 162 valence electrons. The van der Waals surface area contributed by atoms with Gasteiger partial charge < -0.3 is 14.4 Å². The number of fused-ring (bicyclic) bond motifs is 1. The first-order valence-electron chi connectivity index (χ1n) is 11.1. The van der Waals surface area contributed by atoms with Crippen molar-refractivity contribution in [1.29, 1.82) is 5.26 Å². The number of piperazine rings is 1. The predicted molar refractivity (Wildman–Crippen MR) is 113 cm³/mol. The van der Waals surface area contributed by atoms with E-state index >= 15 is 0 Å². The highest BCUT2D eigenvalue weighted by Crippen LogP contribution is 2.34. The minimum absolute atomic E-state index is 0.0719. The minimum atomic E-state index is -0.620. The molecule has 0 unspecified atom stereocenters. The highest BCUT2D eigenvalue weighted by atomic mass is 16.7. The van der Waals surface area contributed by atoms with Gasteiger partial charge in [0, 0.05) is 39.8 Å². The number of likely N-dealkylation sites (N-methyl/N-ethyl adjacent to an activating group) is 1. The molecule has 2 fully saturated rings. The fraction of sp³-hybridized carbons (Fsp3) is 0.652. The van der Waals surface area contributed by atoms with E-state index < -0.39 is 5.54 Å². The lowest BCUT2D eigenvalue weighted by Gasteiger charge is -2.43. The second-order valence-corrected chi connectivity index (χ2v) is 8.78. The SMILES string of the molecule is C[C@@H](C(=O)N(C)C1(C#N)CCCCC1)N1CCN(Cc2ccc3c(c2)OCO3)CC1. The molecule has 1 atom stereocenters. The summed E-state index contributed by atoms with van der Waals surface area (Å²) < 4.78 is 10.9. The molecule has 4 rings (SSSR count). The molecule has 0 spiro atoms. The van der Waals surface area contributed by atoms with E-state index in [9.17, 15) is 10.1 Å². The van der Waals surface area contributed by atoms with Crippen LogP contribution in [0.5, 0.6) is 11.5 Å². The molecule has 2 heterocycles. The molecule has 1 aromatic rings. The first-order chi connectivity index (χ1) is 14.5. The van der Waals surface area contributed by atoms with Gasteiger partial charge in [0.05, 0.1) is 12.1 Å². The van der Waals surface area contributed by atoms with Crippen molar-refractivity contribution >= 4 is 5.91 Å². The Morgan fingerprint density at radius 3 is 2.57 bits per heavy atom. The van der Waals surface area contributed by atoms with Gasteiger partial charge in [-0.3, -0.25) is 14.6 Å². The normalized spacial score (nSPS) is 22.3. The smallest absolute Gasteiger partial charge is 0.240 e. The Kier molecular flexibility index (Phi) is 6.16. The first kappa shape index (κ1) is 21.0. The number of ether oxygens (including phenoxy) is 2. The van der Waals surface area contributed by atoms with Crippen LogP contribution in [0.25, 0.3) is 0 Å². The lowest BCUT2D eigenvalue weighted by atomic mass is 9.81. The maximum atomic E-state index is 13.2. The predicted octanol–water partition coefficient (Wildman–Crippen LogP) is 2.61. The number of carbonyl (C=O) groups excluding carboxylic acids is 1. The van der Waals surface area contributed by atoms with Crippen molar-refractivity contribution in [1.82, 2.24) is 14.7 Å². The summed E-state index contributed by atoms with van der Waals surface area (Å²) in [6, 6.07) is 8.39. The lowest BCUT2D eigenvalue weighted by Crippen LogP contribution is -2.58. The van der Waals surface area contributed by atoms with Crippen LogP contribution in [-0.4, -0.2) is 72.2 Å². The minimum Gasteiger partial charge on any atom is -0.454 e. The second-order valence-electron chi connectivity index (χ2n) is 8.78. The standard InChI is InChI=1S/C23H32N4O3/c1-18(22(28)25(2)23(16-24)8-4-3-5-9-23)27-12-10-26(11-13-27)15-19-6-7-20-21(14-19)30-17-29-20/h6-7,14,18H,3-5,8-13,15,17H2,1-2H3/t18-/m0/s1. The maximum absolute atomic E-state index is 13.2. The molecule has 1 saturated heterocycles. The number of nitriles is 1. The van der Waals surface area contributed by atoms with Crippen LogP contribution in [0.15, 0.2) is 18.2 Å². The molecule has 7 nitrogen and oxygen atoms in total. The number of hydrogen-bond acceptors (Lipinski definition) is 6. The fourth-order valence-corrected chi connectivity index (χ4v) is 4.91. The average Bonchev–Trinajstić information content (AvgIpc) is 3.26. The van der Waals surface area contributed by atoms with Gasteiger partial charge >= 0.3 is 0 Å². The third kappa shape index (κ3) is 4.12. The monoisotopic (exact) mass is 412 g/mol. The Hall–Kier alpha value is -2.30. The molecule has 2 aliphatic heterocycles. The van der Waals surface area contributed by atoms with Crippen molar-refractivity contribution in [2.75, 3.05) is 40.0 Å². The molecule has 1 aromatic carbocycles. The summed E-state index contributed by atoms with van der Waals surface area (Å²) in [7, 11) is 1.82. The van der Waals surface area contributed by atoms with Crippen molar-refractivity contribution in [2.45, 2.75) is 57.2 Å². The van der Waals surface area contributed by atoms with Crippen molar-refractivity contribution in [2.24, 2.45) is 0 Å². The summed E-state index contributed by atoms with van der Waals surface area (Å²) in [4.78, 5) is 19.6. The van der Waals surface area contributed by atoms with E-state index in [1.807, 2.05) is 20.0 Å². The molecule has 1 aliphatic carbocycles. The summed E-state index contributed by atoms with van der Waals surface area (Å²) >= 11 is 0. The van der Waals surface area contributed by atoms with Gasteiger partial charge in [0.15, 0.2) is 11.5 Å². The molecule has 1 saturated carbocycles. The summed E-state index contributed by atoms with van der Waals surface area (Å²) in [5.74, 6) is 1.71. The molecular weight excluding hydrogens is 380 g/mol. The number of rotatable bonds is 5. The maximum Gasteiger partial charge on any atom is 0.240 e. The zero-order valence-electron chi connectivity index (χ0n) is 18.1. The second kappa shape index (κ2) is 8.83. The first-order valence-corrected chi connectivity index (χ1v) is 11.1. The topological polar surface area (TPSA) is 69.0 Å². The highest BCUT2D eigenvalue weighted by Gasteiger charge is 2.41. The molecule has 0 aromatic heterocycles. The number of carbonyl (C=O) groups is 1. The Morgan fingerprint density at radius 1 is 1.17 bits per heavy atom. The molecule has 1 amide bonds. The molecule has 7 heteroatoms. The van der Waals surface area contributed by atoms with E-state index in [2.05, 4.69) is 28.0 Å². The number of hydrogen-bond donors (Lipinski definition) is 0. The van der Waals surface area contributed by atoms with E-state index in [1.165, 1.54) is 5.56 Å². The van der Waals surface area contributed by atoms with Gasteiger partial charge in [0.2, 0.25) is 12.7 Å². The van der Waals surface area contributed by atoms with Crippen LogP contribution in [0.1, 0.15) is 44.6 Å². The van der Waals surface area contributed by atoms with Crippen LogP contribution in [0.4, 0.5) is 0 Å². The lowest BCUT2D eigenvalue weighted by molar-refractivity contribution is -0.140. The van der Waals surface area contributed by atoms with Gasteiger partial charge in [-0.25, -0.2) is 0 Å². The van der Waals surface area contributed by atoms with Gasteiger partial charge in [-0.05, 0) is 37.5 Å². The fourth-order valence-electron chi connectivity index (χ4n) is 4.91. The quantitative estimate of drug-likeness (QED) is 0.741. The Morgan fingerprint density at radius 2 is 1.87 bits per heavy atom. The van der Waals surface area contributed by atoms with Gasteiger partial charge in [-0.1, -0.05) is 25.3 Å². The molecule has 3 aliphatic rings. The van der Waals surface area contributed by atoms with Gasteiger partial charge in [-0.2, -0.15) is 5.26 Å².